The summed E-state index contributed by atoms with van der Waals surface area (Å²) in [5.41, 5.74) is -4.61. The number of hydrogen-bond donors (Lipinski definition) is 2. The van der Waals surface area contributed by atoms with Crippen LogP contribution in [-0.2, 0) is 20.2 Å². The molecule has 0 aliphatic carbocycles. The van der Waals surface area contributed by atoms with Crippen molar-refractivity contribution < 1.29 is 100 Å². The molecule has 11 nitrogen and oxygen atoms in total. The Morgan fingerprint density at radius 2 is 1.09 bits per heavy atom. The van der Waals surface area contributed by atoms with Crippen molar-refractivity contribution in [3.05, 3.63) is 10.1 Å². The molecule has 0 bridgehead atoms. The topological polar surface area (TPSA) is 198 Å². The maximum absolute atomic E-state index is 10.6. The average Bonchev–Trinajstić information content (AvgIpc) is 2.24. The predicted molar refractivity (Wildman–Crippen MR) is 60.7 cm³/mol. The van der Waals surface area contributed by atoms with Crippen molar-refractivity contribution in [2.45, 2.75) is 42.6 Å². The van der Waals surface area contributed by atoms with Crippen molar-refractivity contribution in [1.82, 2.24) is 0 Å². The van der Waals surface area contributed by atoms with Gasteiger partial charge in [-0.15, -0.1) is 0 Å². The second-order valence-corrected chi connectivity index (χ2v) is 7.05. The second-order valence-electron chi connectivity index (χ2n) is 3.99. The minimum atomic E-state index is -4.99. The van der Waals surface area contributed by atoms with Crippen LogP contribution >= 0.6 is 0 Å². The van der Waals surface area contributed by atoms with Crippen LogP contribution < -0.4 is 59.1 Å². The molecule has 2 atom stereocenters. The van der Waals surface area contributed by atoms with Crippen molar-refractivity contribution in [2.24, 2.45) is 0 Å². The fraction of sp³-hybridized carbons (Fsp3) is 1.00. The van der Waals surface area contributed by atoms with Crippen molar-refractivity contribution >= 4 is 20.2 Å². The van der Waals surface area contributed by atoms with Crippen LogP contribution in [0.3, 0.4) is 0 Å². The van der Waals surface area contributed by atoms with Crippen LogP contribution in [0.1, 0.15) is 25.7 Å². The third kappa shape index (κ3) is 11.6. The van der Waals surface area contributed by atoms with Gasteiger partial charge in [0.25, 0.3) is 0 Å². The van der Waals surface area contributed by atoms with Gasteiger partial charge in [-0.2, -0.15) is 0 Å². The molecule has 0 fully saturated rings. The summed E-state index contributed by atoms with van der Waals surface area (Å²) in [6.45, 7) is 0. The summed E-state index contributed by atoms with van der Waals surface area (Å²) in [5.74, 6) is 0. The molecule has 0 aromatic rings. The fourth-order valence-corrected chi connectivity index (χ4v) is 2.16. The van der Waals surface area contributed by atoms with Crippen LogP contribution in [0.15, 0.2) is 0 Å². The van der Waals surface area contributed by atoms with Crippen LogP contribution in [0.25, 0.3) is 0 Å². The van der Waals surface area contributed by atoms with Gasteiger partial charge in [0.05, 0.1) is 0 Å². The molecule has 0 rings (SSSR count). The van der Waals surface area contributed by atoms with Crippen LogP contribution in [0, 0.1) is 10.1 Å². The number of rotatable bonds is 9. The first-order chi connectivity index (χ1) is 8.85. The maximum Gasteiger partial charge on any atom is 1.00 e. The standard InChI is InChI=1S/C7H15NO10S2.2Na/c9-6(19(13,14)15)3-1-5(8(11)12)2-4-7(10)20(16,17)18;;/h5-7,9-10H,1-4H2,(H,13,14,15)(H,16,17,18);;/q;2*+1/p-2. The van der Waals surface area contributed by atoms with E-state index < -0.39 is 67.8 Å². The van der Waals surface area contributed by atoms with E-state index in [-0.39, 0.29) is 59.1 Å². The van der Waals surface area contributed by atoms with E-state index in [1.807, 2.05) is 0 Å². The number of hydrogen-bond acceptors (Lipinski definition) is 10. The summed E-state index contributed by atoms with van der Waals surface area (Å²) in [7, 11) is -9.98. The summed E-state index contributed by atoms with van der Waals surface area (Å²) in [5, 5.41) is 28.4. The van der Waals surface area contributed by atoms with Crippen LogP contribution in [0.4, 0.5) is 0 Å². The van der Waals surface area contributed by atoms with E-state index in [2.05, 4.69) is 0 Å². The first-order valence-corrected chi connectivity index (χ1v) is 8.19. The molecule has 0 spiro atoms. The minimum Gasteiger partial charge on any atom is -0.746 e. The van der Waals surface area contributed by atoms with Gasteiger partial charge in [0.15, 0.2) is 0 Å². The van der Waals surface area contributed by atoms with E-state index in [1.165, 1.54) is 0 Å². The number of aliphatic hydroxyl groups excluding tert-OH is 2. The summed E-state index contributed by atoms with van der Waals surface area (Å²) in [4.78, 5) is 9.73. The van der Waals surface area contributed by atoms with Gasteiger partial charge in [0.2, 0.25) is 6.04 Å². The Labute approximate surface area is 171 Å². The predicted octanol–water partition coefficient (Wildman–Crippen LogP) is -8.07. The third-order valence-corrected chi connectivity index (χ3v) is 4.26. The summed E-state index contributed by atoms with van der Waals surface area (Å²) < 4.78 is 62.3. The van der Waals surface area contributed by atoms with Crippen molar-refractivity contribution in [3.8, 4) is 0 Å². The van der Waals surface area contributed by atoms with E-state index in [0.29, 0.717) is 0 Å². The smallest absolute Gasteiger partial charge is 0.746 e. The Hall–Kier alpha value is 1.14. The molecule has 2 N–H and O–H groups in total. The van der Waals surface area contributed by atoms with Gasteiger partial charge in [-0.05, 0) is 12.8 Å². The number of aliphatic hydroxyl groups is 2. The molecule has 0 aliphatic heterocycles. The molecule has 0 aliphatic rings. The molecule has 22 heavy (non-hydrogen) atoms. The van der Waals surface area contributed by atoms with E-state index in [0.717, 1.165) is 0 Å². The van der Waals surface area contributed by atoms with Crippen LogP contribution in [0.5, 0.6) is 0 Å². The number of nitrogens with zero attached hydrogens (tertiary/aromatic N) is 1. The molecule has 2 unspecified atom stereocenters. The Kier molecular flexibility index (Phi) is 14.8. The Balaban J connectivity index is -0.00000180. The maximum atomic E-state index is 10.6. The molecule has 0 heterocycles. The second kappa shape index (κ2) is 11.7. The molecule has 15 heteroatoms. The van der Waals surface area contributed by atoms with Gasteiger partial charge >= 0.3 is 59.1 Å². The average molecular weight is 381 g/mol. The zero-order valence-corrected chi connectivity index (χ0v) is 17.6. The first-order valence-electron chi connectivity index (χ1n) is 5.24. The van der Waals surface area contributed by atoms with Gasteiger partial charge < -0.3 is 19.3 Å². The van der Waals surface area contributed by atoms with Crippen molar-refractivity contribution in [1.29, 1.82) is 0 Å². The van der Waals surface area contributed by atoms with E-state index in [9.17, 15) is 36.1 Å². The molecule has 0 amide bonds. The van der Waals surface area contributed by atoms with Gasteiger partial charge in [-0.1, -0.05) is 0 Å². The summed E-state index contributed by atoms with van der Waals surface area (Å²) >= 11 is 0. The van der Waals surface area contributed by atoms with Gasteiger partial charge in [-0.25, -0.2) is 16.8 Å². The van der Waals surface area contributed by atoms with Gasteiger partial charge in [0, 0.05) is 17.8 Å². The zero-order valence-electron chi connectivity index (χ0n) is 12.0. The van der Waals surface area contributed by atoms with E-state index >= 15 is 0 Å². The molecule has 0 saturated heterocycles. The molecular weight excluding hydrogens is 368 g/mol. The number of nitro groups is 1. The minimum absolute atomic E-state index is 0. The van der Waals surface area contributed by atoms with E-state index in [4.69, 9.17) is 10.2 Å². The molecule has 120 valence electrons. The van der Waals surface area contributed by atoms with Crippen molar-refractivity contribution in [2.75, 3.05) is 0 Å². The Bertz CT molecular complexity index is 493. The summed E-state index contributed by atoms with van der Waals surface area (Å²) in [6.07, 6.45) is -2.47. The normalized spacial score (nSPS) is 15.8. The Morgan fingerprint density at radius 1 is 0.818 bits per heavy atom. The van der Waals surface area contributed by atoms with E-state index in [1.54, 1.807) is 0 Å². The summed E-state index contributed by atoms with van der Waals surface area (Å²) in [6, 6.07) is -1.50. The van der Waals surface area contributed by atoms with Crippen molar-refractivity contribution in [3.63, 3.8) is 0 Å². The quantitative estimate of drug-likeness (QED) is 0.167. The van der Waals surface area contributed by atoms with Crippen LogP contribution in [-0.4, -0.2) is 58.0 Å². The molecule has 0 radical (unpaired) electrons. The Morgan fingerprint density at radius 3 is 1.27 bits per heavy atom. The molecule has 0 aromatic carbocycles. The monoisotopic (exact) mass is 381 g/mol. The molecule has 0 saturated carbocycles. The zero-order chi connectivity index (χ0) is 16.1. The third-order valence-electron chi connectivity index (χ3n) is 2.46. The van der Waals surface area contributed by atoms with Gasteiger partial charge in [-0.3, -0.25) is 10.1 Å². The molecular formula is C7H13NNa2O10S2. The first kappa shape index (κ1) is 28.0. The SMILES string of the molecule is O=[N+]([O-])C(CCC(O)S(=O)(=O)[O-])CCC(O)S(=O)(=O)[O-].[Na+].[Na+]. The molecule has 0 aromatic heterocycles. The van der Waals surface area contributed by atoms with Crippen LogP contribution in [0.2, 0.25) is 0 Å². The van der Waals surface area contributed by atoms with Gasteiger partial charge in [0.1, 0.15) is 31.1 Å². The largest absolute Gasteiger partial charge is 1.00 e. The fourth-order valence-electron chi connectivity index (χ4n) is 1.31.